The van der Waals surface area contributed by atoms with Crippen molar-refractivity contribution in [1.82, 2.24) is 4.90 Å². The van der Waals surface area contributed by atoms with Crippen LogP contribution in [0.4, 0.5) is 4.39 Å². The Hall–Kier alpha value is -1.16. The van der Waals surface area contributed by atoms with E-state index in [0.29, 0.717) is 16.6 Å². The first-order valence-corrected chi connectivity index (χ1v) is 6.44. The molecule has 0 saturated heterocycles. The summed E-state index contributed by atoms with van der Waals surface area (Å²) in [6.45, 7) is 9.97. The van der Waals surface area contributed by atoms with Crippen molar-refractivity contribution in [1.29, 1.82) is 0 Å². The molecule has 0 bridgehead atoms. The van der Waals surface area contributed by atoms with Crippen LogP contribution < -0.4 is 0 Å². The maximum Gasteiger partial charge on any atom is 0.254 e. The van der Waals surface area contributed by atoms with Crippen LogP contribution in [0, 0.1) is 5.82 Å². The molecule has 1 aromatic rings. The fraction of sp³-hybridized carbons (Fsp3) is 0.357. The lowest BCUT2D eigenvalue weighted by Gasteiger charge is -2.35. The Balaban J connectivity index is 3.09. The summed E-state index contributed by atoms with van der Waals surface area (Å²) in [5.41, 5.74) is 0.145. The first kappa shape index (κ1) is 14.9. The number of carbonyl (C=O) groups excluding carboxylic acids is 1. The number of nitrogens with zero attached hydrogens (tertiary/aromatic N) is 1. The molecule has 0 aliphatic rings. The van der Waals surface area contributed by atoms with Crippen LogP contribution in [-0.4, -0.2) is 22.9 Å². The van der Waals surface area contributed by atoms with Crippen molar-refractivity contribution in [3.8, 4) is 0 Å². The summed E-state index contributed by atoms with van der Waals surface area (Å²) in [6, 6.07) is 4.27. The predicted molar refractivity (Wildman–Crippen MR) is 75.1 cm³/mol. The van der Waals surface area contributed by atoms with E-state index in [0.717, 1.165) is 0 Å². The summed E-state index contributed by atoms with van der Waals surface area (Å²) in [4.78, 5) is 14.1. The Morgan fingerprint density at radius 1 is 1.50 bits per heavy atom. The zero-order valence-electron chi connectivity index (χ0n) is 10.8. The van der Waals surface area contributed by atoms with Crippen LogP contribution in [0.5, 0.6) is 0 Å². The average molecular weight is 314 g/mol. The van der Waals surface area contributed by atoms with E-state index in [2.05, 4.69) is 22.5 Å². The molecule has 0 N–H and O–H groups in total. The van der Waals surface area contributed by atoms with Gasteiger partial charge in [0.05, 0.1) is 4.47 Å². The van der Waals surface area contributed by atoms with E-state index in [1.165, 1.54) is 18.2 Å². The Kier molecular flexibility index (Phi) is 4.68. The minimum absolute atomic E-state index is 0.136. The highest BCUT2D eigenvalue weighted by Crippen LogP contribution is 2.21. The molecule has 0 aromatic heterocycles. The standard InChI is InChI=1S/C14H17BrFNO/c1-5-8-17(14(2,3)4)13(18)10-6-7-12(16)11(15)9-10/h5-7,9H,1,8H2,2-4H3. The highest BCUT2D eigenvalue weighted by molar-refractivity contribution is 9.10. The van der Waals surface area contributed by atoms with E-state index in [9.17, 15) is 9.18 Å². The predicted octanol–water partition coefficient (Wildman–Crippen LogP) is 4.01. The Morgan fingerprint density at radius 3 is 2.56 bits per heavy atom. The fourth-order valence-corrected chi connectivity index (χ4v) is 1.95. The summed E-state index contributed by atoms with van der Waals surface area (Å²) in [5.74, 6) is -0.513. The molecular weight excluding hydrogens is 297 g/mol. The normalized spacial score (nSPS) is 11.2. The lowest BCUT2D eigenvalue weighted by Crippen LogP contribution is -2.45. The molecule has 1 rings (SSSR count). The van der Waals surface area contributed by atoms with Crippen molar-refractivity contribution in [3.05, 3.63) is 46.7 Å². The Labute approximate surface area is 116 Å². The summed E-state index contributed by atoms with van der Waals surface area (Å²) in [5, 5.41) is 0. The lowest BCUT2D eigenvalue weighted by atomic mass is 10.0. The van der Waals surface area contributed by atoms with Gasteiger partial charge in [-0.3, -0.25) is 4.79 Å². The van der Waals surface area contributed by atoms with Crippen molar-refractivity contribution >= 4 is 21.8 Å². The minimum Gasteiger partial charge on any atom is -0.330 e. The van der Waals surface area contributed by atoms with Crippen LogP contribution in [0.2, 0.25) is 0 Å². The second-order valence-corrected chi connectivity index (χ2v) is 5.86. The zero-order valence-corrected chi connectivity index (χ0v) is 12.4. The van der Waals surface area contributed by atoms with Crippen LogP contribution in [0.25, 0.3) is 0 Å². The molecule has 0 unspecified atom stereocenters. The molecule has 2 nitrogen and oxygen atoms in total. The molecule has 0 spiro atoms. The number of carbonyl (C=O) groups is 1. The highest BCUT2D eigenvalue weighted by atomic mass is 79.9. The maximum atomic E-state index is 13.2. The summed E-state index contributed by atoms with van der Waals surface area (Å²) in [6.07, 6.45) is 1.68. The van der Waals surface area contributed by atoms with Crippen LogP contribution in [-0.2, 0) is 0 Å². The number of halogens is 2. The van der Waals surface area contributed by atoms with Gasteiger partial charge in [0.2, 0.25) is 0 Å². The molecule has 1 amide bonds. The van der Waals surface area contributed by atoms with Gasteiger partial charge in [0.1, 0.15) is 5.82 Å². The monoisotopic (exact) mass is 313 g/mol. The lowest BCUT2D eigenvalue weighted by molar-refractivity contribution is 0.0616. The van der Waals surface area contributed by atoms with Crippen LogP contribution >= 0.6 is 15.9 Å². The first-order valence-electron chi connectivity index (χ1n) is 5.65. The molecule has 98 valence electrons. The third-order valence-electron chi connectivity index (χ3n) is 2.53. The largest absolute Gasteiger partial charge is 0.330 e. The number of rotatable bonds is 3. The van der Waals surface area contributed by atoms with E-state index in [1.807, 2.05) is 20.8 Å². The van der Waals surface area contributed by atoms with E-state index >= 15 is 0 Å². The quantitative estimate of drug-likeness (QED) is 0.772. The third-order valence-corrected chi connectivity index (χ3v) is 3.14. The van der Waals surface area contributed by atoms with E-state index in [1.54, 1.807) is 11.0 Å². The van der Waals surface area contributed by atoms with Gasteiger partial charge in [-0.1, -0.05) is 6.08 Å². The van der Waals surface area contributed by atoms with Gasteiger partial charge >= 0.3 is 0 Å². The average Bonchev–Trinajstić information content (AvgIpc) is 2.27. The van der Waals surface area contributed by atoms with E-state index in [-0.39, 0.29) is 17.3 Å². The van der Waals surface area contributed by atoms with Gasteiger partial charge in [0.25, 0.3) is 5.91 Å². The van der Waals surface area contributed by atoms with E-state index < -0.39 is 0 Å². The van der Waals surface area contributed by atoms with Gasteiger partial charge in [-0.25, -0.2) is 4.39 Å². The molecule has 0 aliphatic heterocycles. The molecule has 4 heteroatoms. The van der Waals surface area contributed by atoms with E-state index in [4.69, 9.17) is 0 Å². The van der Waals surface area contributed by atoms with Crippen molar-refractivity contribution in [2.75, 3.05) is 6.54 Å². The Morgan fingerprint density at radius 2 is 2.11 bits per heavy atom. The fourth-order valence-electron chi connectivity index (χ4n) is 1.58. The van der Waals surface area contributed by atoms with Crippen LogP contribution in [0.3, 0.4) is 0 Å². The number of benzene rings is 1. The van der Waals surface area contributed by atoms with Gasteiger partial charge in [-0.05, 0) is 54.9 Å². The van der Waals surface area contributed by atoms with Gasteiger partial charge in [0.15, 0.2) is 0 Å². The minimum atomic E-state index is -0.377. The van der Waals surface area contributed by atoms with Crippen LogP contribution in [0.1, 0.15) is 31.1 Å². The van der Waals surface area contributed by atoms with Gasteiger partial charge in [-0.15, -0.1) is 6.58 Å². The summed E-state index contributed by atoms with van der Waals surface area (Å²) >= 11 is 3.09. The molecule has 1 aromatic carbocycles. The number of amides is 1. The number of hydrogen-bond donors (Lipinski definition) is 0. The van der Waals surface area contributed by atoms with Gasteiger partial charge in [-0.2, -0.15) is 0 Å². The molecule has 18 heavy (non-hydrogen) atoms. The Bertz CT molecular complexity index is 465. The maximum absolute atomic E-state index is 13.2. The van der Waals surface area contributed by atoms with Crippen LogP contribution in [0.15, 0.2) is 35.3 Å². The molecular formula is C14H17BrFNO. The third kappa shape index (κ3) is 3.42. The van der Waals surface area contributed by atoms with Crippen molar-refractivity contribution in [3.63, 3.8) is 0 Å². The van der Waals surface area contributed by atoms with Gasteiger partial charge < -0.3 is 4.90 Å². The smallest absolute Gasteiger partial charge is 0.254 e. The molecule has 0 radical (unpaired) electrons. The second-order valence-electron chi connectivity index (χ2n) is 5.00. The topological polar surface area (TPSA) is 20.3 Å². The molecule has 0 saturated carbocycles. The molecule has 0 atom stereocenters. The highest BCUT2D eigenvalue weighted by Gasteiger charge is 2.26. The van der Waals surface area contributed by atoms with Gasteiger partial charge in [0, 0.05) is 17.6 Å². The number of hydrogen-bond acceptors (Lipinski definition) is 1. The summed E-state index contributed by atoms with van der Waals surface area (Å²) < 4.78 is 13.4. The molecule has 0 fully saturated rings. The molecule has 0 heterocycles. The zero-order chi connectivity index (χ0) is 13.9. The van der Waals surface area contributed by atoms with Crippen molar-refractivity contribution < 1.29 is 9.18 Å². The SMILES string of the molecule is C=CCN(C(=O)c1ccc(F)c(Br)c1)C(C)(C)C. The molecule has 0 aliphatic carbocycles. The first-order chi connectivity index (χ1) is 8.27. The van der Waals surface area contributed by atoms with Crippen molar-refractivity contribution in [2.24, 2.45) is 0 Å². The second kappa shape index (κ2) is 5.65. The summed E-state index contributed by atoms with van der Waals surface area (Å²) in [7, 11) is 0. The van der Waals surface area contributed by atoms with Crippen molar-refractivity contribution in [2.45, 2.75) is 26.3 Å².